The molecule has 1 aliphatic heterocycles. The van der Waals surface area contributed by atoms with Gasteiger partial charge in [-0.3, -0.25) is 9.48 Å². The van der Waals surface area contributed by atoms with Crippen molar-refractivity contribution in [3.05, 3.63) is 34.7 Å². The molecule has 0 unspecified atom stereocenters. The van der Waals surface area contributed by atoms with Gasteiger partial charge in [0.2, 0.25) is 5.91 Å². The monoisotopic (exact) mass is 361 g/mol. The van der Waals surface area contributed by atoms with E-state index in [4.69, 9.17) is 11.6 Å². The Balaban J connectivity index is 1.60. The molecule has 0 spiro atoms. The van der Waals surface area contributed by atoms with E-state index in [0.717, 1.165) is 55.4 Å². The van der Waals surface area contributed by atoms with Crippen molar-refractivity contribution in [1.29, 1.82) is 0 Å². The van der Waals surface area contributed by atoms with Crippen LogP contribution >= 0.6 is 11.6 Å². The lowest BCUT2D eigenvalue weighted by Gasteiger charge is -2.32. The Kier molecular flexibility index (Phi) is 5.27. The Labute approximate surface area is 153 Å². The van der Waals surface area contributed by atoms with E-state index in [1.807, 2.05) is 37.6 Å². The number of rotatable bonds is 4. The molecule has 1 N–H and O–H groups in total. The van der Waals surface area contributed by atoms with E-state index in [0.29, 0.717) is 5.02 Å². The van der Waals surface area contributed by atoms with E-state index in [2.05, 4.69) is 20.3 Å². The van der Waals surface area contributed by atoms with Gasteiger partial charge in [0.05, 0.1) is 22.1 Å². The normalized spacial score (nSPS) is 15.4. The van der Waals surface area contributed by atoms with Gasteiger partial charge in [0.25, 0.3) is 0 Å². The molecule has 3 heterocycles. The summed E-state index contributed by atoms with van der Waals surface area (Å²) in [6, 6.07) is 3.77. The van der Waals surface area contributed by atoms with Crippen LogP contribution in [0.4, 0.5) is 11.5 Å². The fourth-order valence-corrected chi connectivity index (χ4v) is 3.45. The number of piperidine rings is 1. The van der Waals surface area contributed by atoms with Crippen LogP contribution in [0.2, 0.25) is 5.02 Å². The van der Waals surface area contributed by atoms with Crippen LogP contribution in [0.3, 0.4) is 0 Å². The smallest absolute Gasteiger partial charge is 0.227 e. The zero-order valence-electron chi connectivity index (χ0n) is 14.9. The maximum atomic E-state index is 12.7. The summed E-state index contributed by atoms with van der Waals surface area (Å²) in [5.74, 6) is 1.03. The van der Waals surface area contributed by atoms with Crippen molar-refractivity contribution in [3.63, 3.8) is 0 Å². The minimum atomic E-state index is 0.0207. The van der Waals surface area contributed by atoms with Crippen molar-refractivity contribution in [2.45, 2.75) is 40.2 Å². The summed E-state index contributed by atoms with van der Waals surface area (Å²) in [5.41, 5.74) is 2.74. The molecular weight excluding hydrogens is 338 g/mol. The van der Waals surface area contributed by atoms with E-state index in [-0.39, 0.29) is 11.8 Å². The van der Waals surface area contributed by atoms with Crippen molar-refractivity contribution < 1.29 is 4.79 Å². The summed E-state index contributed by atoms with van der Waals surface area (Å²) in [7, 11) is 0. The molecule has 0 aliphatic carbocycles. The molecule has 2 aromatic rings. The number of pyridine rings is 1. The molecule has 0 radical (unpaired) electrons. The van der Waals surface area contributed by atoms with Crippen molar-refractivity contribution in [1.82, 2.24) is 14.8 Å². The summed E-state index contributed by atoms with van der Waals surface area (Å²) in [4.78, 5) is 19.2. The van der Waals surface area contributed by atoms with Gasteiger partial charge in [-0.05, 0) is 45.7 Å². The topological polar surface area (TPSA) is 63.1 Å². The molecule has 1 saturated heterocycles. The molecule has 0 bridgehead atoms. The first kappa shape index (κ1) is 17.7. The Morgan fingerprint density at radius 1 is 1.32 bits per heavy atom. The minimum absolute atomic E-state index is 0.0207. The Bertz CT molecular complexity index is 748. The predicted molar refractivity (Wildman–Crippen MR) is 100 cm³/mol. The molecule has 7 heteroatoms. The molecule has 134 valence electrons. The predicted octanol–water partition coefficient (Wildman–Crippen LogP) is 3.42. The summed E-state index contributed by atoms with van der Waals surface area (Å²) in [6.45, 7) is 8.41. The fourth-order valence-electron chi connectivity index (χ4n) is 3.34. The lowest BCUT2D eigenvalue weighted by molar-refractivity contribution is -0.120. The second-order valence-electron chi connectivity index (χ2n) is 6.45. The summed E-state index contributed by atoms with van der Waals surface area (Å²) >= 11 is 5.89. The molecule has 1 amide bonds. The number of aryl methyl sites for hydroxylation is 2. The van der Waals surface area contributed by atoms with Crippen molar-refractivity contribution in [2.24, 2.45) is 5.92 Å². The van der Waals surface area contributed by atoms with Gasteiger partial charge in [-0.2, -0.15) is 5.10 Å². The van der Waals surface area contributed by atoms with Crippen LogP contribution in [0.15, 0.2) is 18.3 Å². The first-order valence-electron chi connectivity index (χ1n) is 8.71. The zero-order chi connectivity index (χ0) is 18.0. The number of halogens is 1. The molecule has 0 aromatic carbocycles. The number of carbonyl (C=O) groups excluding carboxylic acids is 1. The number of aromatic nitrogens is 3. The van der Waals surface area contributed by atoms with Crippen LogP contribution in [0.5, 0.6) is 0 Å². The Morgan fingerprint density at radius 2 is 2.04 bits per heavy atom. The molecular formula is C18H24ClN5O. The SMILES string of the molecule is CCn1nc(C)c(NC(=O)C2CCN(c3ccc(Cl)cn3)CC2)c1C. The second kappa shape index (κ2) is 7.44. The number of carbonyl (C=O) groups is 1. The molecule has 0 atom stereocenters. The molecule has 3 rings (SSSR count). The number of nitrogens with zero attached hydrogens (tertiary/aromatic N) is 4. The van der Waals surface area contributed by atoms with Gasteiger partial charge in [-0.25, -0.2) is 4.98 Å². The van der Waals surface area contributed by atoms with Gasteiger partial charge in [-0.15, -0.1) is 0 Å². The molecule has 1 fully saturated rings. The van der Waals surface area contributed by atoms with Crippen LogP contribution in [-0.2, 0) is 11.3 Å². The van der Waals surface area contributed by atoms with Gasteiger partial charge in [0, 0.05) is 31.7 Å². The fraction of sp³-hybridized carbons (Fsp3) is 0.500. The quantitative estimate of drug-likeness (QED) is 0.906. The number of nitrogens with one attached hydrogen (secondary N) is 1. The van der Waals surface area contributed by atoms with E-state index in [1.165, 1.54) is 0 Å². The van der Waals surface area contributed by atoms with Gasteiger partial charge in [-0.1, -0.05) is 11.6 Å². The van der Waals surface area contributed by atoms with Crippen LogP contribution in [0.1, 0.15) is 31.2 Å². The van der Waals surface area contributed by atoms with Crippen LogP contribution < -0.4 is 10.2 Å². The third kappa shape index (κ3) is 3.79. The number of amides is 1. The van der Waals surface area contributed by atoms with Crippen LogP contribution in [0, 0.1) is 19.8 Å². The van der Waals surface area contributed by atoms with Gasteiger partial charge in [0.1, 0.15) is 5.82 Å². The molecule has 1 aliphatic rings. The minimum Gasteiger partial charge on any atom is -0.357 e. The number of hydrogen-bond acceptors (Lipinski definition) is 4. The highest BCUT2D eigenvalue weighted by molar-refractivity contribution is 6.30. The average molecular weight is 362 g/mol. The standard InChI is InChI=1S/C18H24ClN5O/c1-4-24-13(3)17(12(2)22-24)21-18(25)14-7-9-23(10-8-14)16-6-5-15(19)11-20-16/h5-6,11,14H,4,7-10H2,1-3H3,(H,21,25). The first-order valence-corrected chi connectivity index (χ1v) is 9.08. The maximum absolute atomic E-state index is 12.7. The largest absolute Gasteiger partial charge is 0.357 e. The second-order valence-corrected chi connectivity index (χ2v) is 6.88. The van der Waals surface area contributed by atoms with Gasteiger partial charge in [0.15, 0.2) is 0 Å². The molecule has 6 nitrogen and oxygen atoms in total. The Morgan fingerprint density at radius 3 is 2.60 bits per heavy atom. The third-order valence-corrected chi connectivity index (χ3v) is 5.05. The van der Waals surface area contributed by atoms with E-state index in [1.54, 1.807) is 6.20 Å². The van der Waals surface area contributed by atoms with E-state index >= 15 is 0 Å². The lowest BCUT2D eigenvalue weighted by Crippen LogP contribution is -2.38. The molecule has 0 saturated carbocycles. The van der Waals surface area contributed by atoms with Gasteiger partial charge >= 0.3 is 0 Å². The summed E-state index contributed by atoms with van der Waals surface area (Å²) in [6.07, 6.45) is 3.29. The number of anilines is 2. The number of hydrogen-bond donors (Lipinski definition) is 1. The first-order chi connectivity index (χ1) is 12.0. The van der Waals surface area contributed by atoms with Crippen molar-refractivity contribution in [2.75, 3.05) is 23.3 Å². The summed E-state index contributed by atoms with van der Waals surface area (Å²) in [5, 5.41) is 8.19. The highest BCUT2D eigenvalue weighted by Gasteiger charge is 2.27. The van der Waals surface area contributed by atoms with Crippen LogP contribution in [0.25, 0.3) is 0 Å². The van der Waals surface area contributed by atoms with Crippen molar-refractivity contribution in [3.8, 4) is 0 Å². The molecule has 25 heavy (non-hydrogen) atoms. The zero-order valence-corrected chi connectivity index (χ0v) is 15.7. The van der Waals surface area contributed by atoms with Gasteiger partial charge < -0.3 is 10.2 Å². The highest BCUT2D eigenvalue weighted by Crippen LogP contribution is 2.25. The Hall–Kier alpha value is -2.08. The van der Waals surface area contributed by atoms with E-state index in [9.17, 15) is 4.79 Å². The third-order valence-electron chi connectivity index (χ3n) is 4.83. The average Bonchev–Trinajstić information content (AvgIpc) is 2.90. The van der Waals surface area contributed by atoms with Crippen LogP contribution in [-0.4, -0.2) is 33.8 Å². The van der Waals surface area contributed by atoms with E-state index < -0.39 is 0 Å². The van der Waals surface area contributed by atoms with Crippen molar-refractivity contribution >= 4 is 29.0 Å². The lowest BCUT2D eigenvalue weighted by atomic mass is 9.95. The maximum Gasteiger partial charge on any atom is 0.227 e. The highest BCUT2D eigenvalue weighted by atomic mass is 35.5. The molecule has 2 aromatic heterocycles. The summed E-state index contributed by atoms with van der Waals surface area (Å²) < 4.78 is 1.92.